The van der Waals surface area contributed by atoms with Gasteiger partial charge in [0, 0.05) is 6.04 Å². The molecule has 2 rings (SSSR count). The van der Waals surface area contributed by atoms with Crippen molar-refractivity contribution in [1.82, 2.24) is 5.32 Å². The molecule has 1 unspecified atom stereocenters. The SMILES string of the molecule is COc1ccc(CC2CC=CN2)cc1. The summed E-state index contributed by atoms with van der Waals surface area (Å²) in [5.74, 6) is 0.922. The van der Waals surface area contributed by atoms with Crippen molar-refractivity contribution in [2.45, 2.75) is 18.9 Å². The molecule has 0 fully saturated rings. The van der Waals surface area contributed by atoms with Crippen LogP contribution in [0.1, 0.15) is 12.0 Å². The van der Waals surface area contributed by atoms with Crippen LogP contribution in [0, 0.1) is 0 Å². The first-order valence-electron chi connectivity index (χ1n) is 4.92. The molecule has 1 atom stereocenters. The zero-order valence-electron chi connectivity index (χ0n) is 8.36. The van der Waals surface area contributed by atoms with Crippen molar-refractivity contribution in [1.29, 1.82) is 0 Å². The van der Waals surface area contributed by atoms with E-state index in [1.54, 1.807) is 7.11 Å². The third-order valence-corrected chi connectivity index (χ3v) is 2.51. The quantitative estimate of drug-likeness (QED) is 0.786. The average Bonchev–Trinajstić information content (AvgIpc) is 2.72. The highest BCUT2D eigenvalue weighted by Gasteiger charge is 2.09. The predicted molar refractivity (Wildman–Crippen MR) is 57.4 cm³/mol. The molecule has 0 aliphatic carbocycles. The third-order valence-electron chi connectivity index (χ3n) is 2.51. The smallest absolute Gasteiger partial charge is 0.118 e. The maximum atomic E-state index is 5.11. The molecular formula is C12H15NO. The molecule has 1 heterocycles. The van der Waals surface area contributed by atoms with Gasteiger partial charge >= 0.3 is 0 Å². The molecule has 2 heteroatoms. The first kappa shape index (κ1) is 9.13. The molecule has 0 aromatic heterocycles. The summed E-state index contributed by atoms with van der Waals surface area (Å²) in [4.78, 5) is 0. The van der Waals surface area contributed by atoms with Gasteiger partial charge in [-0.2, -0.15) is 0 Å². The number of rotatable bonds is 3. The Hall–Kier alpha value is -1.44. The fourth-order valence-electron chi connectivity index (χ4n) is 1.69. The Morgan fingerprint density at radius 2 is 2.14 bits per heavy atom. The normalized spacial score (nSPS) is 19.4. The van der Waals surface area contributed by atoms with Crippen LogP contribution < -0.4 is 10.1 Å². The Kier molecular flexibility index (Phi) is 2.73. The highest BCUT2D eigenvalue weighted by Crippen LogP contribution is 2.14. The van der Waals surface area contributed by atoms with E-state index < -0.39 is 0 Å². The first-order valence-corrected chi connectivity index (χ1v) is 4.92. The first-order chi connectivity index (χ1) is 6.88. The highest BCUT2D eigenvalue weighted by molar-refractivity contribution is 5.28. The molecule has 14 heavy (non-hydrogen) atoms. The molecular weight excluding hydrogens is 174 g/mol. The standard InChI is InChI=1S/C12H15NO/c1-14-12-6-4-10(5-7-12)9-11-3-2-8-13-11/h2,4-8,11,13H,3,9H2,1H3. The van der Waals surface area contributed by atoms with E-state index in [0.717, 1.165) is 18.6 Å². The number of hydrogen-bond donors (Lipinski definition) is 1. The summed E-state index contributed by atoms with van der Waals surface area (Å²) in [5.41, 5.74) is 1.35. The van der Waals surface area contributed by atoms with Crippen molar-refractivity contribution in [3.05, 3.63) is 42.1 Å². The van der Waals surface area contributed by atoms with Gasteiger partial charge in [0.2, 0.25) is 0 Å². The lowest BCUT2D eigenvalue weighted by molar-refractivity contribution is 0.414. The lowest BCUT2D eigenvalue weighted by Crippen LogP contribution is -2.21. The van der Waals surface area contributed by atoms with Crippen molar-refractivity contribution in [3.8, 4) is 5.75 Å². The average molecular weight is 189 g/mol. The van der Waals surface area contributed by atoms with E-state index >= 15 is 0 Å². The lowest BCUT2D eigenvalue weighted by atomic mass is 10.1. The van der Waals surface area contributed by atoms with Gasteiger partial charge in [0.1, 0.15) is 5.75 Å². The third kappa shape index (κ3) is 2.08. The summed E-state index contributed by atoms with van der Waals surface area (Å²) in [6, 6.07) is 8.84. The molecule has 0 spiro atoms. The van der Waals surface area contributed by atoms with Gasteiger partial charge in [0.25, 0.3) is 0 Å². The molecule has 74 valence electrons. The molecule has 1 aliphatic rings. The highest BCUT2D eigenvalue weighted by atomic mass is 16.5. The van der Waals surface area contributed by atoms with Crippen LogP contribution >= 0.6 is 0 Å². The molecule has 0 saturated carbocycles. The van der Waals surface area contributed by atoms with Crippen LogP contribution in [0.15, 0.2) is 36.5 Å². The van der Waals surface area contributed by atoms with E-state index in [1.807, 2.05) is 18.3 Å². The number of ether oxygens (including phenoxy) is 1. The van der Waals surface area contributed by atoms with Crippen LogP contribution in [0.2, 0.25) is 0 Å². The van der Waals surface area contributed by atoms with Crippen LogP contribution in [0.4, 0.5) is 0 Å². The summed E-state index contributed by atoms with van der Waals surface area (Å²) in [6.45, 7) is 0. The number of nitrogens with one attached hydrogen (secondary N) is 1. The van der Waals surface area contributed by atoms with Gasteiger partial charge in [0.05, 0.1) is 7.11 Å². The van der Waals surface area contributed by atoms with Gasteiger partial charge in [-0.15, -0.1) is 0 Å². The monoisotopic (exact) mass is 189 g/mol. The second kappa shape index (κ2) is 4.18. The molecule has 1 aromatic rings. The minimum absolute atomic E-state index is 0.573. The largest absolute Gasteiger partial charge is 0.497 e. The van der Waals surface area contributed by atoms with Crippen molar-refractivity contribution in [2.75, 3.05) is 7.11 Å². The maximum Gasteiger partial charge on any atom is 0.118 e. The Bertz CT molecular complexity index is 308. The van der Waals surface area contributed by atoms with Gasteiger partial charge in [-0.1, -0.05) is 18.2 Å². The van der Waals surface area contributed by atoms with E-state index in [9.17, 15) is 0 Å². The zero-order valence-corrected chi connectivity index (χ0v) is 8.36. The van der Waals surface area contributed by atoms with E-state index in [1.165, 1.54) is 5.56 Å². The van der Waals surface area contributed by atoms with E-state index in [-0.39, 0.29) is 0 Å². The van der Waals surface area contributed by atoms with Gasteiger partial charge in [-0.25, -0.2) is 0 Å². The molecule has 1 aromatic carbocycles. The topological polar surface area (TPSA) is 21.3 Å². The van der Waals surface area contributed by atoms with Crippen LogP contribution in [0.3, 0.4) is 0 Å². The van der Waals surface area contributed by atoms with Gasteiger partial charge in [0.15, 0.2) is 0 Å². The van der Waals surface area contributed by atoms with Crippen LogP contribution in [-0.4, -0.2) is 13.2 Å². The lowest BCUT2D eigenvalue weighted by Gasteiger charge is -2.10. The molecule has 0 saturated heterocycles. The summed E-state index contributed by atoms with van der Waals surface area (Å²) >= 11 is 0. The molecule has 2 nitrogen and oxygen atoms in total. The Morgan fingerprint density at radius 3 is 2.71 bits per heavy atom. The summed E-state index contributed by atoms with van der Waals surface area (Å²) in [7, 11) is 1.69. The van der Waals surface area contributed by atoms with Crippen molar-refractivity contribution in [2.24, 2.45) is 0 Å². The van der Waals surface area contributed by atoms with Crippen molar-refractivity contribution >= 4 is 0 Å². The number of hydrogen-bond acceptors (Lipinski definition) is 2. The van der Waals surface area contributed by atoms with E-state index in [4.69, 9.17) is 4.74 Å². The van der Waals surface area contributed by atoms with Gasteiger partial charge in [-0.05, 0) is 36.7 Å². The van der Waals surface area contributed by atoms with E-state index in [2.05, 4.69) is 23.5 Å². The number of methoxy groups -OCH3 is 1. The van der Waals surface area contributed by atoms with E-state index in [0.29, 0.717) is 6.04 Å². The second-order valence-corrected chi connectivity index (χ2v) is 3.55. The molecule has 1 aliphatic heterocycles. The Balaban J connectivity index is 1.96. The second-order valence-electron chi connectivity index (χ2n) is 3.55. The fraction of sp³-hybridized carbons (Fsp3) is 0.333. The van der Waals surface area contributed by atoms with Crippen molar-refractivity contribution < 1.29 is 4.74 Å². The Morgan fingerprint density at radius 1 is 1.36 bits per heavy atom. The van der Waals surface area contributed by atoms with Crippen LogP contribution in [-0.2, 0) is 6.42 Å². The predicted octanol–water partition coefficient (Wildman–Crippen LogP) is 2.11. The summed E-state index contributed by atoms with van der Waals surface area (Å²) < 4.78 is 5.11. The molecule has 1 N–H and O–H groups in total. The summed E-state index contributed by atoms with van der Waals surface area (Å²) in [5, 5.41) is 3.32. The molecule has 0 bridgehead atoms. The Labute approximate surface area is 84.6 Å². The molecule has 0 radical (unpaired) electrons. The van der Waals surface area contributed by atoms with Gasteiger partial charge in [-0.3, -0.25) is 0 Å². The minimum Gasteiger partial charge on any atom is -0.497 e. The minimum atomic E-state index is 0.573. The fourth-order valence-corrected chi connectivity index (χ4v) is 1.69. The van der Waals surface area contributed by atoms with Crippen LogP contribution in [0.5, 0.6) is 5.75 Å². The van der Waals surface area contributed by atoms with Crippen LogP contribution in [0.25, 0.3) is 0 Å². The van der Waals surface area contributed by atoms with Crippen molar-refractivity contribution in [3.63, 3.8) is 0 Å². The molecule has 0 amide bonds. The number of benzene rings is 1. The maximum absolute atomic E-state index is 5.11. The summed E-state index contributed by atoms with van der Waals surface area (Å²) in [6.07, 6.45) is 6.42. The van der Waals surface area contributed by atoms with Gasteiger partial charge < -0.3 is 10.1 Å². The zero-order chi connectivity index (χ0) is 9.80.